The molecule has 29 heavy (non-hydrogen) atoms. The maximum atomic E-state index is 12.5. The van der Waals surface area contributed by atoms with Crippen LogP contribution in [-0.4, -0.2) is 46.4 Å². The minimum atomic E-state index is -4.24. The van der Waals surface area contributed by atoms with E-state index in [1.165, 1.54) is 49.4 Å². The lowest BCUT2D eigenvalue weighted by Gasteiger charge is -2.36. The van der Waals surface area contributed by atoms with E-state index in [0.717, 1.165) is 6.07 Å². The van der Waals surface area contributed by atoms with Gasteiger partial charge in [-0.25, -0.2) is 8.42 Å². The summed E-state index contributed by atoms with van der Waals surface area (Å²) in [6, 6.07) is 11.8. The number of rotatable bonds is 8. The van der Waals surface area contributed by atoms with Crippen molar-refractivity contribution in [1.82, 2.24) is 0 Å². The molecule has 1 unspecified atom stereocenters. The van der Waals surface area contributed by atoms with Crippen LogP contribution in [0.25, 0.3) is 0 Å². The molecule has 10 heteroatoms. The third-order valence-electron chi connectivity index (χ3n) is 4.06. The van der Waals surface area contributed by atoms with Crippen molar-refractivity contribution < 1.29 is 31.9 Å². The highest BCUT2D eigenvalue weighted by molar-refractivity contribution is 8.26. The zero-order valence-electron chi connectivity index (χ0n) is 15.2. The van der Waals surface area contributed by atoms with Crippen molar-refractivity contribution >= 4 is 38.3 Å². The lowest BCUT2D eigenvalue weighted by molar-refractivity contribution is -0.120. The Morgan fingerprint density at radius 3 is 2.24 bits per heavy atom. The molecule has 2 rings (SSSR count). The van der Waals surface area contributed by atoms with Crippen molar-refractivity contribution in [2.45, 2.75) is 22.0 Å². The Labute approximate surface area is 169 Å². The average molecular weight is 435 g/mol. The molecule has 0 aliphatic heterocycles. The third kappa shape index (κ3) is 4.96. The second-order valence-corrected chi connectivity index (χ2v) is 10.2. The van der Waals surface area contributed by atoms with Gasteiger partial charge in [-0.15, -0.1) is 0 Å². The summed E-state index contributed by atoms with van der Waals surface area (Å²) in [5, 5.41) is 6.80. The van der Waals surface area contributed by atoms with Gasteiger partial charge >= 0.3 is 0 Å². The summed E-state index contributed by atoms with van der Waals surface area (Å²) < 4.78 is 45.9. The summed E-state index contributed by atoms with van der Waals surface area (Å²) in [6.07, 6.45) is -0.00260. The number of nitriles is 1. The van der Waals surface area contributed by atoms with E-state index >= 15 is 0 Å². The topological polar surface area (TPSA) is 150 Å². The van der Waals surface area contributed by atoms with Crippen LogP contribution in [0.1, 0.15) is 22.8 Å². The summed E-state index contributed by atoms with van der Waals surface area (Å²) >= 11 is 0. The van der Waals surface area contributed by atoms with Crippen molar-refractivity contribution in [3.8, 4) is 6.07 Å². The number of ketones is 2. The van der Waals surface area contributed by atoms with E-state index in [-0.39, 0.29) is 33.0 Å². The number of aldehydes is 1. The second-order valence-electron chi connectivity index (χ2n) is 6.10. The summed E-state index contributed by atoms with van der Waals surface area (Å²) in [4.78, 5) is 34.9. The fourth-order valence-electron chi connectivity index (χ4n) is 2.47. The van der Waals surface area contributed by atoms with E-state index in [0.29, 0.717) is 0 Å². The van der Waals surface area contributed by atoms with Gasteiger partial charge in [0.15, 0.2) is 26.7 Å². The molecule has 2 N–H and O–H groups in total. The number of Topliss-reactive ketones (excluding diaryl/α,β-unsaturated/α-hetero) is 2. The van der Waals surface area contributed by atoms with E-state index in [9.17, 15) is 31.9 Å². The molecule has 2 aromatic carbocycles. The van der Waals surface area contributed by atoms with Crippen LogP contribution in [-0.2, 0) is 19.4 Å². The minimum absolute atomic E-state index is 0.00260. The van der Waals surface area contributed by atoms with Gasteiger partial charge in [-0.2, -0.15) is 15.9 Å². The molecule has 0 heterocycles. The molecule has 152 valence electrons. The normalized spacial score (nSPS) is 13.2. The summed E-state index contributed by atoms with van der Waals surface area (Å²) in [6.45, 7) is 1.26. The first-order chi connectivity index (χ1) is 13.5. The Bertz CT molecular complexity index is 1100. The number of hydrogen-bond acceptors (Lipinski definition) is 8. The largest absolute Gasteiger partial charge is 0.301 e. The monoisotopic (exact) mass is 435 g/mol. The van der Waals surface area contributed by atoms with Gasteiger partial charge in [0.25, 0.3) is 0 Å². The lowest BCUT2D eigenvalue weighted by atomic mass is 10.2. The van der Waals surface area contributed by atoms with Crippen molar-refractivity contribution in [1.29, 1.82) is 5.26 Å². The van der Waals surface area contributed by atoms with Crippen LogP contribution in [0.3, 0.4) is 0 Å². The Balaban J connectivity index is 2.33. The summed E-state index contributed by atoms with van der Waals surface area (Å²) in [5.74, 6) is -2.71. The molecule has 0 aliphatic rings. The van der Waals surface area contributed by atoms with Crippen LogP contribution in [0.5, 0.6) is 0 Å². The van der Waals surface area contributed by atoms with Crippen molar-refractivity contribution in [3.05, 3.63) is 59.7 Å². The molecular weight excluding hydrogens is 418 g/mol. The highest BCUT2D eigenvalue weighted by Crippen LogP contribution is 2.52. The molecule has 0 saturated heterocycles. The first-order valence-corrected chi connectivity index (χ1v) is 11.4. The number of hydrogen-bond donors (Lipinski definition) is 2. The molecule has 0 aliphatic carbocycles. The highest BCUT2D eigenvalue weighted by Gasteiger charge is 2.36. The van der Waals surface area contributed by atoms with Crippen LogP contribution in [0.2, 0.25) is 0 Å². The van der Waals surface area contributed by atoms with E-state index in [1.54, 1.807) is 0 Å². The Morgan fingerprint density at radius 1 is 1.10 bits per heavy atom. The molecule has 0 radical (unpaired) electrons. The molecule has 0 aromatic heterocycles. The molecule has 1 atom stereocenters. The maximum Gasteiger partial charge on any atom is 0.185 e. The van der Waals surface area contributed by atoms with Gasteiger partial charge in [0.2, 0.25) is 0 Å². The standard InChI is InChI=1S/C19H17NO7S2/c1-13(22)15-3-2-4-17(9-15)28(24,25)12-18(23)19(11-21)29(26,27)16-7-5-14(10-20)6-8-16/h2-9,11,19,26-27H,12H2,1H3. The molecule has 0 fully saturated rings. The smallest absolute Gasteiger partial charge is 0.185 e. The molecule has 0 bridgehead atoms. The van der Waals surface area contributed by atoms with E-state index in [2.05, 4.69) is 0 Å². The van der Waals surface area contributed by atoms with Crippen molar-refractivity contribution in [2.24, 2.45) is 0 Å². The Morgan fingerprint density at radius 2 is 1.72 bits per heavy atom. The van der Waals surface area contributed by atoms with Crippen molar-refractivity contribution in [3.63, 3.8) is 0 Å². The van der Waals surface area contributed by atoms with Gasteiger partial charge in [-0.05, 0) is 43.3 Å². The Kier molecular flexibility index (Phi) is 6.71. The van der Waals surface area contributed by atoms with Crippen LogP contribution in [0, 0.1) is 11.3 Å². The molecule has 0 amide bonds. The molecule has 0 saturated carbocycles. The lowest BCUT2D eigenvalue weighted by Crippen LogP contribution is -2.34. The van der Waals surface area contributed by atoms with Crippen LogP contribution in [0.4, 0.5) is 0 Å². The predicted octanol–water partition coefficient (Wildman–Crippen LogP) is 2.48. The third-order valence-corrected chi connectivity index (χ3v) is 7.74. The van der Waals surface area contributed by atoms with Gasteiger partial charge in [-0.1, -0.05) is 12.1 Å². The van der Waals surface area contributed by atoms with Gasteiger partial charge in [-0.3, -0.25) is 18.7 Å². The van der Waals surface area contributed by atoms with E-state index in [1.807, 2.05) is 6.07 Å². The zero-order valence-corrected chi connectivity index (χ0v) is 16.8. The molecular formula is C19H17NO7S2. The molecule has 0 spiro atoms. The quantitative estimate of drug-likeness (QED) is 0.365. The number of carbonyl (C=O) groups is 3. The average Bonchev–Trinajstić information content (AvgIpc) is 2.68. The number of carbonyl (C=O) groups excluding carboxylic acids is 3. The highest BCUT2D eigenvalue weighted by atomic mass is 32.3. The van der Waals surface area contributed by atoms with Crippen LogP contribution < -0.4 is 0 Å². The van der Waals surface area contributed by atoms with Gasteiger partial charge in [0.05, 0.1) is 21.4 Å². The molecule has 2 aromatic rings. The first kappa shape index (κ1) is 22.4. The molecule has 8 nitrogen and oxygen atoms in total. The number of benzene rings is 2. The van der Waals surface area contributed by atoms with Crippen molar-refractivity contribution in [2.75, 3.05) is 5.75 Å². The van der Waals surface area contributed by atoms with Gasteiger partial charge in [0.1, 0.15) is 12.0 Å². The number of sulfone groups is 1. The number of nitrogens with zero attached hydrogens (tertiary/aromatic N) is 1. The second kappa shape index (κ2) is 8.67. The predicted molar refractivity (Wildman–Crippen MR) is 106 cm³/mol. The zero-order chi connectivity index (χ0) is 21.8. The maximum absolute atomic E-state index is 12.5. The SMILES string of the molecule is CC(=O)c1cccc(S(=O)(=O)CC(=O)C(C=O)S(O)(O)c2ccc(C#N)cc2)c1. The Hall–Kier alpha value is -2.84. The van der Waals surface area contributed by atoms with E-state index in [4.69, 9.17) is 5.26 Å². The summed E-state index contributed by atoms with van der Waals surface area (Å²) in [5.41, 5.74) is 0.359. The summed E-state index contributed by atoms with van der Waals surface area (Å²) in [7, 11) is -8.23. The van der Waals surface area contributed by atoms with Gasteiger partial charge in [0, 0.05) is 5.56 Å². The fraction of sp³-hybridized carbons (Fsp3) is 0.158. The van der Waals surface area contributed by atoms with Crippen LogP contribution in [0.15, 0.2) is 58.3 Å². The van der Waals surface area contributed by atoms with E-state index < -0.39 is 37.2 Å². The van der Waals surface area contributed by atoms with Crippen LogP contribution >= 0.6 is 10.6 Å². The minimum Gasteiger partial charge on any atom is -0.301 e. The first-order valence-electron chi connectivity index (χ1n) is 8.12. The fourth-order valence-corrected chi connectivity index (χ4v) is 5.33. The van der Waals surface area contributed by atoms with Gasteiger partial charge < -0.3 is 4.79 Å².